The van der Waals surface area contributed by atoms with E-state index in [0.29, 0.717) is 31.3 Å². The number of carbonyl (C=O) groups excluding carboxylic acids is 4. The van der Waals surface area contributed by atoms with Gasteiger partial charge in [0, 0.05) is 37.1 Å². The molecule has 2 amide bonds. The third-order valence-corrected chi connectivity index (χ3v) is 5.67. The molecule has 2 N–H and O–H groups in total. The summed E-state index contributed by atoms with van der Waals surface area (Å²) in [5, 5.41) is 15.0. The van der Waals surface area contributed by atoms with Crippen LogP contribution in [0.5, 0.6) is 0 Å². The average Bonchev–Trinajstić information content (AvgIpc) is 2.81. The molecule has 1 aromatic rings. The zero-order valence-corrected chi connectivity index (χ0v) is 22.0. The Kier molecular flexibility index (Phi) is 9.49. The Balaban J connectivity index is 1.76. The number of rotatable bonds is 6. The van der Waals surface area contributed by atoms with Gasteiger partial charge in [-0.3, -0.25) is 19.2 Å². The van der Waals surface area contributed by atoms with E-state index in [1.807, 2.05) is 33.8 Å². The smallest absolute Gasteiger partial charge is 0.251 e. The highest BCUT2D eigenvalue weighted by Gasteiger charge is 2.24. The summed E-state index contributed by atoms with van der Waals surface area (Å²) in [5.41, 5.74) is 2.05. The molecule has 1 heterocycles. The number of nitrogens with zero attached hydrogens (tertiary/aromatic N) is 5. The number of allylic oxidation sites excluding steroid dienone is 2. The summed E-state index contributed by atoms with van der Waals surface area (Å²) in [4.78, 5) is 66.1. The second-order valence-corrected chi connectivity index (χ2v) is 9.77. The second kappa shape index (κ2) is 12.8. The second-order valence-electron chi connectivity index (χ2n) is 9.77. The van der Waals surface area contributed by atoms with E-state index in [4.69, 9.17) is 0 Å². The number of nitriles is 1. The molecule has 1 aromatic heterocycles. The van der Waals surface area contributed by atoms with Gasteiger partial charge in [0.15, 0.2) is 17.4 Å². The first-order chi connectivity index (χ1) is 18.0. The lowest BCUT2D eigenvalue weighted by Crippen LogP contribution is -2.29. The summed E-state index contributed by atoms with van der Waals surface area (Å²) in [5.74, 6) is -0.994. The van der Waals surface area contributed by atoms with Crippen LogP contribution in [0.2, 0.25) is 0 Å². The van der Waals surface area contributed by atoms with E-state index >= 15 is 0 Å². The minimum absolute atomic E-state index is 0.000654. The van der Waals surface area contributed by atoms with E-state index in [9.17, 15) is 24.4 Å². The molecule has 2 fully saturated rings. The summed E-state index contributed by atoms with van der Waals surface area (Å²) < 4.78 is 0. The Morgan fingerprint density at radius 3 is 1.84 bits per heavy atom. The minimum atomic E-state index is -0.251. The molecule has 11 heteroatoms. The van der Waals surface area contributed by atoms with Gasteiger partial charge in [0.1, 0.15) is 11.6 Å². The highest BCUT2D eigenvalue weighted by molar-refractivity contribution is 6.42. The number of aromatic nitrogens is 2. The lowest BCUT2D eigenvalue weighted by Gasteiger charge is -2.16. The van der Waals surface area contributed by atoms with Crippen molar-refractivity contribution in [3.05, 3.63) is 35.1 Å². The Bertz CT molecular complexity index is 1310. The molecule has 0 saturated heterocycles. The zero-order valence-electron chi connectivity index (χ0n) is 22.0. The van der Waals surface area contributed by atoms with Gasteiger partial charge >= 0.3 is 0 Å². The molecule has 198 valence electrons. The van der Waals surface area contributed by atoms with Crippen LogP contribution in [-0.4, -0.2) is 56.9 Å². The first-order valence-electron chi connectivity index (χ1n) is 12.5. The van der Waals surface area contributed by atoms with Crippen molar-refractivity contribution in [2.75, 3.05) is 0 Å². The molecular weight excluding hydrogens is 486 g/mol. The molecule has 11 nitrogen and oxygen atoms in total. The summed E-state index contributed by atoms with van der Waals surface area (Å²) in [6.45, 7) is 7.43. The van der Waals surface area contributed by atoms with E-state index in [0.717, 1.165) is 5.57 Å². The Morgan fingerprint density at radius 2 is 1.39 bits per heavy atom. The van der Waals surface area contributed by atoms with Gasteiger partial charge in [0.25, 0.3) is 5.95 Å². The molecule has 0 aliphatic heterocycles. The van der Waals surface area contributed by atoms with Gasteiger partial charge in [-0.15, -0.1) is 0 Å². The third kappa shape index (κ3) is 8.09. The Labute approximate surface area is 221 Å². The van der Waals surface area contributed by atoms with Crippen molar-refractivity contribution in [2.24, 2.45) is 9.98 Å². The quantitative estimate of drug-likeness (QED) is 0.547. The first kappa shape index (κ1) is 28.2. The highest BCUT2D eigenvalue weighted by Crippen LogP contribution is 2.25. The Morgan fingerprint density at radius 1 is 0.895 bits per heavy atom. The maximum Gasteiger partial charge on any atom is 0.251 e. The van der Waals surface area contributed by atoms with Crippen molar-refractivity contribution >= 4 is 46.6 Å². The lowest BCUT2D eigenvalue weighted by molar-refractivity contribution is -0.118. The van der Waals surface area contributed by atoms with Crippen LogP contribution in [0.3, 0.4) is 0 Å². The van der Waals surface area contributed by atoms with Crippen LogP contribution >= 0.6 is 0 Å². The molecule has 2 saturated carbocycles. The molecular formula is C27H31N7O4. The van der Waals surface area contributed by atoms with Gasteiger partial charge in [-0.25, -0.2) is 15.0 Å². The SMILES string of the molecule is CC(C)NC(=O)C=C1CCC(=Nc2ncc(C#N)c(N=C3CCC(=CC(=O)NC(C)C)CC3=O)n2)C(=O)C1. The minimum Gasteiger partial charge on any atom is -0.350 e. The number of hydrogen-bond donors (Lipinski definition) is 2. The molecule has 0 spiro atoms. The van der Waals surface area contributed by atoms with Gasteiger partial charge in [-0.05, 0) is 53.4 Å². The van der Waals surface area contributed by atoms with Crippen molar-refractivity contribution in [3.8, 4) is 6.07 Å². The Hall–Kier alpha value is -4.33. The van der Waals surface area contributed by atoms with E-state index < -0.39 is 0 Å². The van der Waals surface area contributed by atoms with Crippen LogP contribution in [-0.2, 0) is 19.2 Å². The summed E-state index contributed by atoms with van der Waals surface area (Å²) in [7, 11) is 0. The number of ketones is 2. The summed E-state index contributed by atoms with van der Waals surface area (Å²) in [6, 6.07) is 1.96. The van der Waals surface area contributed by atoms with Crippen LogP contribution in [0.15, 0.2) is 39.5 Å². The zero-order chi connectivity index (χ0) is 27.8. The number of hydrogen-bond acceptors (Lipinski definition) is 9. The van der Waals surface area contributed by atoms with Crippen LogP contribution in [0.25, 0.3) is 0 Å². The fraction of sp³-hybridized carbons (Fsp3) is 0.444. The standard InChI is InChI=1S/C27H31N7O4/c1-15(2)30-24(37)11-17-5-7-20(22(35)9-17)32-26-19(13-28)14-29-27(34-26)33-21-8-6-18(10-23(21)36)12-25(38)31-16(3)4/h11-12,14-16H,5-10H2,1-4H3,(H,30,37)(H,31,38). The van der Waals surface area contributed by atoms with Crippen LogP contribution in [0, 0.1) is 11.3 Å². The number of carbonyl (C=O) groups is 4. The molecule has 2 aliphatic carbocycles. The van der Waals surface area contributed by atoms with E-state index in [1.54, 1.807) is 0 Å². The molecule has 0 radical (unpaired) electrons. The van der Waals surface area contributed by atoms with Gasteiger partial charge < -0.3 is 10.6 Å². The maximum atomic E-state index is 12.7. The van der Waals surface area contributed by atoms with Crippen molar-refractivity contribution in [1.82, 2.24) is 20.6 Å². The van der Waals surface area contributed by atoms with Crippen molar-refractivity contribution < 1.29 is 19.2 Å². The van der Waals surface area contributed by atoms with E-state index in [2.05, 4.69) is 30.6 Å². The van der Waals surface area contributed by atoms with E-state index in [1.165, 1.54) is 18.3 Å². The monoisotopic (exact) mass is 517 g/mol. The predicted octanol–water partition coefficient (Wildman–Crippen LogP) is 2.90. The number of nitrogens with one attached hydrogen (secondary N) is 2. The number of Topliss-reactive ketones (excluding diaryl/α,β-unsaturated/α-hetero) is 2. The summed E-state index contributed by atoms with van der Waals surface area (Å²) >= 11 is 0. The third-order valence-electron chi connectivity index (χ3n) is 5.67. The van der Waals surface area contributed by atoms with Gasteiger partial charge in [-0.1, -0.05) is 11.1 Å². The fourth-order valence-corrected chi connectivity index (χ4v) is 3.97. The topological polar surface area (TPSA) is 167 Å². The molecule has 0 bridgehead atoms. The number of amides is 2. The van der Waals surface area contributed by atoms with Crippen molar-refractivity contribution in [1.29, 1.82) is 5.26 Å². The predicted molar refractivity (Wildman–Crippen MR) is 141 cm³/mol. The van der Waals surface area contributed by atoms with Crippen molar-refractivity contribution in [3.63, 3.8) is 0 Å². The average molecular weight is 518 g/mol. The fourth-order valence-electron chi connectivity index (χ4n) is 3.97. The van der Waals surface area contributed by atoms with E-state index in [-0.39, 0.29) is 77.1 Å². The lowest BCUT2D eigenvalue weighted by atomic mass is 9.91. The maximum absolute atomic E-state index is 12.7. The largest absolute Gasteiger partial charge is 0.350 e. The molecule has 38 heavy (non-hydrogen) atoms. The highest BCUT2D eigenvalue weighted by atomic mass is 16.2. The normalized spacial score (nSPS) is 20.4. The first-order valence-corrected chi connectivity index (χ1v) is 12.5. The molecule has 0 atom stereocenters. The van der Waals surface area contributed by atoms with Crippen LogP contribution in [0.4, 0.5) is 11.8 Å². The molecule has 0 aromatic carbocycles. The number of aliphatic imine (C=N–C) groups is 2. The van der Waals surface area contributed by atoms with Gasteiger partial charge in [0.05, 0.1) is 17.6 Å². The van der Waals surface area contributed by atoms with Crippen LogP contribution in [0.1, 0.15) is 71.8 Å². The van der Waals surface area contributed by atoms with Crippen molar-refractivity contribution in [2.45, 2.75) is 78.3 Å². The van der Waals surface area contributed by atoms with Crippen LogP contribution < -0.4 is 10.6 Å². The molecule has 0 unspecified atom stereocenters. The van der Waals surface area contributed by atoms with Gasteiger partial charge in [-0.2, -0.15) is 10.2 Å². The molecule has 2 aliphatic rings. The van der Waals surface area contributed by atoms with Gasteiger partial charge in [0.2, 0.25) is 11.8 Å². The molecule has 3 rings (SSSR count). The summed E-state index contributed by atoms with van der Waals surface area (Å²) in [6.07, 6.45) is 5.92.